The molecule has 1 aromatic rings. The average Bonchev–Trinajstić information content (AvgIpc) is 2.49. The minimum Gasteiger partial charge on any atom is -0.480 e. The van der Waals surface area contributed by atoms with Gasteiger partial charge in [-0.05, 0) is 0 Å². The minimum absolute atomic E-state index is 0.420. The zero-order chi connectivity index (χ0) is 18.7. The first kappa shape index (κ1) is 20.5. The van der Waals surface area contributed by atoms with Gasteiger partial charge in [0.25, 0.3) is 9.70 Å². The lowest BCUT2D eigenvalue weighted by molar-refractivity contribution is -0.119. The van der Waals surface area contributed by atoms with E-state index in [0.717, 1.165) is 14.2 Å². The molecular formula is C11H8Cl4FN3O5. The number of amides is 3. The Balaban J connectivity index is 3.27. The van der Waals surface area contributed by atoms with Gasteiger partial charge in [0.15, 0.2) is 11.0 Å². The lowest BCUT2D eigenvalue weighted by atomic mass is 10.2. The molecule has 13 heteroatoms. The van der Waals surface area contributed by atoms with Crippen molar-refractivity contribution in [1.82, 2.24) is 10.3 Å². The van der Waals surface area contributed by atoms with Gasteiger partial charge in [0.05, 0.1) is 14.2 Å². The molecule has 3 amide bonds. The Morgan fingerprint density at radius 3 is 2.25 bits per heavy atom. The van der Waals surface area contributed by atoms with Gasteiger partial charge in [0.2, 0.25) is 5.88 Å². The maximum absolute atomic E-state index is 14.1. The molecule has 0 saturated carbocycles. The Bertz CT molecular complexity index is 695. The molecule has 24 heavy (non-hydrogen) atoms. The van der Waals surface area contributed by atoms with E-state index in [1.165, 1.54) is 0 Å². The number of alkyl halides is 3. The van der Waals surface area contributed by atoms with E-state index in [4.69, 9.17) is 51.1 Å². The highest BCUT2D eigenvalue weighted by Gasteiger charge is 2.33. The van der Waals surface area contributed by atoms with E-state index in [-0.39, 0.29) is 0 Å². The predicted octanol–water partition coefficient (Wildman–Crippen LogP) is 2.69. The molecule has 0 aliphatic rings. The lowest BCUT2D eigenvalue weighted by Gasteiger charge is -2.15. The monoisotopic (exact) mass is 421 g/mol. The summed E-state index contributed by atoms with van der Waals surface area (Å²) in [4.78, 5) is 38.4. The van der Waals surface area contributed by atoms with Gasteiger partial charge >= 0.3 is 12.0 Å². The molecule has 0 radical (unpaired) electrons. The zero-order valence-electron chi connectivity index (χ0n) is 11.9. The smallest absolute Gasteiger partial charge is 0.345 e. The van der Waals surface area contributed by atoms with Gasteiger partial charge < -0.3 is 14.8 Å². The van der Waals surface area contributed by atoms with Crippen LogP contribution in [0.5, 0.6) is 5.88 Å². The molecule has 0 saturated heterocycles. The first-order valence-electron chi connectivity index (χ1n) is 5.73. The van der Waals surface area contributed by atoms with Crippen molar-refractivity contribution in [1.29, 1.82) is 0 Å². The van der Waals surface area contributed by atoms with E-state index in [1.54, 1.807) is 5.32 Å². The minimum atomic E-state index is -2.44. The number of esters is 1. The Morgan fingerprint density at radius 1 is 1.21 bits per heavy atom. The topological polar surface area (TPSA) is 107 Å². The van der Waals surface area contributed by atoms with Crippen molar-refractivity contribution in [2.45, 2.75) is 3.79 Å². The van der Waals surface area contributed by atoms with E-state index in [9.17, 15) is 18.8 Å². The van der Waals surface area contributed by atoms with E-state index in [2.05, 4.69) is 9.72 Å². The van der Waals surface area contributed by atoms with Crippen LogP contribution in [0.2, 0.25) is 5.15 Å². The number of nitrogens with one attached hydrogen (secondary N) is 2. The van der Waals surface area contributed by atoms with Crippen molar-refractivity contribution in [2.75, 3.05) is 19.5 Å². The average molecular weight is 423 g/mol. The molecule has 0 bridgehead atoms. The second-order valence-corrected chi connectivity index (χ2v) is 6.51. The molecule has 1 heterocycles. The summed E-state index contributed by atoms with van der Waals surface area (Å²) >= 11 is 21.4. The van der Waals surface area contributed by atoms with Gasteiger partial charge in [-0.2, -0.15) is 4.98 Å². The third kappa shape index (κ3) is 4.73. The van der Waals surface area contributed by atoms with Gasteiger partial charge in [-0.15, -0.1) is 0 Å². The fraction of sp³-hybridized carbons (Fsp3) is 0.273. The number of nitrogens with zero attached hydrogens (tertiary/aromatic N) is 1. The second-order valence-electron chi connectivity index (χ2n) is 3.87. The summed E-state index contributed by atoms with van der Waals surface area (Å²) in [6, 6.07) is -1.31. The first-order valence-corrected chi connectivity index (χ1v) is 7.24. The normalized spacial score (nSPS) is 10.8. The van der Waals surface area contributed by atoms with Crippen molar-refractivity contribution in [3.05, 3.63) is 16.5 Å². The molecule has 132 valence electrons. The van der Waals surface area contributed by atoms with Gasteiger partial charge in [-0.25, -0.2) is 14.0 Å². The molecule has 0 unspecified atom stereocenters. The van der Waals surface area contributed by atoms with Crippen molar-refractivity contribution in [2.24, 2.45) is 0 Å². The number of carbonyl (C=O) groups excluding carboxylic acids is 3. The van der Waals surface area contributed by atoms with Crippen LogP contribution >= 0.6 is 46.4 Å². The number of imide groups is 1. The van der Waals surface area contributed by atoms with Crippen LogP contribution in [0, 0.1) is 5.82 Å². The fourth-order valence-corrected chi connectivity index (χ4v) is 1.70. The van der Waals surface area contributed by atoms with Crippen LogP contribution in [-0.4, -0.2) is 40.9 Å². The third-order valence-electron chi connectivity index (χ3n) is 2.37. The van der Waals surface area contributed by atoms with Crippen LogP contribution in [0.4, 0.5) is 14.9 Å². The highest BCUT2D eigenvalue weighted by Crippen LogP contribution is 2.32. The van der Waals surface area contributed by atoms with E-state index in [1.807, 2.05) is 5.32 Å². The van der Waals surface area contributed by atoms with Crippen LogP contribution in [0.15, 0.2) is 0 Å². The van der Waals surface area contributed by atoms with Gasteiger partial charge in [-0.3, -0.25) is 10.1 Å². The molecular weight excluding hydrogens is 415 g/mol. The Labute approximate surface area is 154 Å². The summed E-state index contributed by atoms with van der Waals surface area (Å²) in [6.45, 7) is 0. The molecule has 0 aromatic carbocycles. The van der Waals surface area contributed by atoms with Crippen LogP contribution in [-0.2, 0) is 9.53 Å². The molecule has 0 aliphatic carbocycles. The van der Waals surface area contributed by atoms with E-state index < -0.39 is 49.8 Å². The molecule has 0 aliphatic heterocycles. The van der Waals surface area contributed by atoms with Gasteiger partial charge in [0.1, 0.15) is 11.3 Å². The lowest BCUT2D eigenvalue weighted by Crippen LogP contribution is -2.41. The predicted molar refractivity (Wildman–Crippen MR) is 84.5 cm³/mol. The van der Waals surface area contributed by atoms with Crippen LogP contribution in [0.1, 0.15) is 10.4 Å². The standard InChI is InChI=1S/C11H8Cl4FN3O5/c1-23-7-3(8(20)24-2)5(4(16)6(12)18-7)17-10(22)19-9(21)11(13,14)15/h1-2H3,(H2,17,18,19,21,22). The summed E-state index contributed by atoms with van der Waals surface area (Å²) in [5, 5.41) is 2.81. The quantitative estimate of drug-likeness (QED) is 0.440. The third-order valence-corrected chi connectivity index (χ3v) is 3.14. The molecule has 1 rings (SSSR count). The number of ether oxygens (including phenoxy) is 2. The number of hydrogen-bond acceptors (Lipinski definition) is 6. The molecule has 8 nitrogen and oxygen atoms in total. The summed E-state index contributed by atoms with van der Waals surface area (Å²) in [5.41, 5.74) is -1.31. The van der Waals surface area contributed by atoms with Gasteiger partial charge in [-0.1, -0.05) is 46.4 Å². The number of urea groups is 1. The summed E-state index contributed by atoms with van der Waals surface area (Å²) < 4.78 is 21.0. The first-order chi connectivity index (χ1) is 11.0. The van der Waals surface area contributed by atoms with E-state index in [0.29, 0.717) is 0 Å². The summed E-state index contributed by atoms with van der Waals surface area (Å²) in [5.74, 6) is -4.08. The van der Waals surface area contributed by atoms with Crippen LogP contribution in [0.25, 0.3) is 0 Å². The summed E-state index contributed by atoms with van der Waals surface area (Å²) in [6.07, 6.45) is 0. The maximum Gasteiger partial charge on any atom is 0.345 e. The van der Waals surface area contributed by atoms with Crippen molar-refractivity contribution in [3.63, 3.8) is 0 Å². The molecule has 0 spiro atoms. The number of rotatable bonds is 3. The Kier molecular flexibility index (Phi) is 6.85. The highest BCUT2D eigenvalue weighted by molar-refractivity contribution is 6.76. The highest BCUT2D eigenvalue weighted by atomic mass is 35.6. The molecule has 2 N–H and O–H groups in total. The molecule has 0 atom stereocenters. The molecule has 0 fully saturated rings. The second kappa shape index (κ2) is 8.02. The van der Waals surface area contributed by atoms with Gasteiger partial charge in [0, 0.05) is 0 Å². The number of hydrogen-bond donors (Lipinski definition) is 2. The van der Waals surface area contributed by atoms with Crippen molar-refractivity contribution < 1.29 is 28.2 Å². The SMILES string of the molecule is COC(=O)c1c(OC)nc(Cl)c(F)c1NC(=O)NC(=O)C(Cl)(Cl)Cl. The van der Waals surface area contributed by atoms with Crippen molar-refractivity contribution >= 4 is 70.0 Å². The maximum atomic E-state index is 14.1. The number of aromatic nitrogens is 1. The number of anilines is 1. The van der Waals surface area contributed by atoms with Crippen molar-refractivity contribution in [3.8, 4) is 5.88 Å². The fourth-order valence-electron chi connectivity index (χ4n) is 1.39. The van der Waals surface area contributed by atoms with Crippen LogP contribution < -0.4 is 15.4 Å². The Hall–Kier alpha value is -1.55. The Morgan fingerprint density at radius 2 is 1.79 bits per heavy atom. The zero-order valence-corrected chi connectivity index (χ0v) is 14.9. The summed E-state index contributed by atoms with van der Waals surface area (Å²) in [7, 11) is 2.13. The van der Waals surface area contributed by atoms with Crippen LogP contribution in [0.3, 0.4) is 0 Å². The van der Waals surface area contributed by atoms with E-state index >= 15 is 0 Å². The number of pyridine rings is 1. The molecule has 1 aromatic heterocycles. The number of carbonyl (C=O) groups is 3. The largest absolute Gasteiger partial charge is 0.480 e. The number of methoxy groups -OCH3 is 2. The number of halogens is 5.